The first-order chi connectivity index (χ1) is 8.57. The van der Waals surface area contributed by atoms with Gasteiger partial charge in [0.15, 0.2) is 0 Å². The molecule has 0 aliphatic carbocycles. The molecular formula is C14H24O3Si. The first-order valence-corrected chi connectivity index (χ1v) is 9.36. The lowest BCUT2D eigenvalue weighted by molar-refractivity contribution is 0.241. The molecule has 4 heteroatoms. The van der Waals surface area contributed by atoms with Gasteiger partial charge >= 0.3 is 8.56 Å². The van der Waals surface area contributed by atoms with Gasteiger partial charge in [0.05, 0.1) is 7.11 Å². The van der Waals surface area contributed by atoms with Gasteiger partial charge in [0, 0.05) is 6.61 Å². The minimum atomic E-state index is -2.06. The fraction of sp³-hybridized carbons (Fsp3) is 0.571. The van der Waals surface area contributed by atoms with Crippen molar-refractivity contribution >= 4 is 8.56 Å². The molecule has 0 aromatic heterocycles. The Morgan fingerprint density at radius 3 is 2.17 bits per heavy atom. The molecule has 0 saturated heterocycles. The molecule has 0 radical (unpaired) electrons. The summed E-state index contributed by atoms with van der Waals surface area (Å²) < 4.78 is 16.9. The minimum absolute atomic E-state index is 0.795. The first-order valence-electron chi connectivity index (χ1n) is 6.54. The fourth-order valence-electron chi connectivity index (χ4n) is 1.63. The highest BCUT2D eigenvalue weighted by molar-refractivity contribution is 6.65. The van der Waals surface area contributed by atoms with Crippen molar-refractivity contribution in [2.75, 3.05) is 13.7 Å². The van der Waals surface area contributed by atoms with Crippen LogP contribution in [0.1, 0.15) is 26.2 Å². The summed E-state index contributed by atoms with van der Waals surface area (Å²) in [6.45, 7) is 7.13. The predicted octanol–water partition coefficient (Wildman–Crippen LogP) is 3.98. The topological polar surface area (TPSA) is 27.7 Å². The molecule has 0 N–H and O–H groups in total. The largest absolute Gasteiger partial charge is 0.520 e. The Bertz CT molecular complexity index is 335. The van der Waals surface area contributed by atoms with Gasteiger partial charge in [-0.25, -0.2) is 0 Å². The molecule has 3 nitrogen and oxygen atoms in total. The van der Waals surface area contributed by atoms with Crippen LogP contribution < -0.4 is 9.16 Å². The molecule has 102 valence electrons. The first kappa shape index (κ1) is 15.1. The van der Waals surface area contributed by atoms with Gasteiger partial charge in [-0.05, 0) is 43.8 Å². The van der Waals surface area contributed by atoms with E-state index in [1.165, 1.54) is 12.8 Å². The number of benzene rings is 1. The van der Waals surface area contributed by atoms with Crippen LogP contribution in [-0.2, 0) is 4.43 Å². The molecule has 1 rings (SSSR count). The molecule has 0 amide bonds. The zero-order chi connectivity index (χ0) is 13.4. The van der Waals surface area contributed by atoms with Gasteiger partial charge in [-0.2, -0.15) is 0 Å². The zero-order valence-electron chi connectivity index (χ0n) is 11.9. The quantitative estimate of drug-likeness (QED) is 0.527. The molecule has 1 aromatic rings. The molecule has 1 aromatic carbocycles. The summed E-state index contributed by atoms with van der Waals surface area (Å²) in [5.74, 6) is 1.69. The summed E-state index contributed by atoms with van der Waals surface area (Å²) in [6.07, 6.45) is 3.54. The molecule has 0 atom stereocenters. The average molecular weight is 268 g/mol. The van der Waals surface area contributed by atoms with Gasteiger partial charge < -0.3 is 13.6 Å². The summed E-state index contributed by atoms with van der Waals surface area (Å²) >= 11 is 0. The highest BCUT2D eigenvalue weighted by Crippen LogP contribution is 2.20. The third-order valence-electron chi connectivity index (χ3n) is 2.62. The smallest absolute Gasteiger partial charge is 0.392 e. The molecule has 0 aliphatic rings. The molecule has 0 spiro atoms. The summed E-state index contributed by atoms with van der Waals surface area (Å²) in [6, 6.07) is 7.64. The van der Waals surface area contributed by atoms with E-state index in [4.69, 9.17) is 13.6 Å². The van der Waals surface area contributed by atoms with E-state index in [9.17, 15) is 0 Å². The van der Waals surface area contributed by atoms with Crippen molar-refractivity contribution in [3.8, 4) is 11.5 Å². The van der Waals surface area contributed by atoms with Crippen molar-refractivity contribution in [1.82, 2.24) is 0 Å². The van der Waals surface area contributed by atoms with E-state index in [2.05, 4.69) is 20.0 Å². The van der Waals surface area contributed by atoms with Gasteiger partial charge in [0.25, 0.3) is 0 Å². The number of hydrogen-bond donors (Lipinski definition) is 0. The van der Waals surface area contributed by atoms with Crippen molar-refractivity contribution in [2.45, 2.75) is 39.3 Å². The van der Waals surface area contributed by atoms with Crippen molar-refractivity contribution in [3.63, 3.8) is 0 Å². The Balaban J connectivity index is 2.42. The number of hydrogen-bond acceptors (Lipinski definition) is 3. The van der Waals surface area contributed by atoms with Crippen molar-refractivity contribution in [3.05, 3.63) is 24.3 Å². The van der Waals surface area contributed by atoms with E-state index in [0.717, 1.165) is 24.5 Å². The van der Waals surface area contributed by atoms with Crippen LogP contribution in [0, 0.1) is 0 Å². The summed E-state index contributed by atoms with van der Waals surface area (Å²) in [4.78, 5) is 0. The van der Waals surface area contributed by atoms with Crippen LogP contribution in [0.15, 0.2) is 24.3 Å². The Hall–Kier alpha value is -1.00. The van der Waals surface area contributed by atoms with E-state index in [1.54, 1.807) is 7.11 Å². The van der Waals surface area contributed by atoms with Gasteiger partial charge in [-0.1, -0.05) is 19.8 Å². The van der Waals surface area contributed by atoms with Crippen molar-refractivity contribution in [1.29, 1.82) is 0 Å². The highest BCUT2D eigenvalue weighted by atomic mass is 28.4. The van der Waals surface area contributed by atoms with Crippen molar-refractivity contribution in [2.24, 2.45) is 0 Å². The van der Waals surface area contributed by atoms with Crippen LogP contribution in [-0.4, -0.2) is 22.3 Å². The van der Waals surface area contributed by atoms with Crippen LogP contribution >= 0.6 is 0 Å². The fourth-order valence-corrected chi connectivity index (χ4v) is 3.03. The summed E-state index contributed by atoms with van der Waals surface area (Å²) in [5.41, 5.74) is 0. The second-order valence-electron chi connectivity index (χ2n) is 4.73. The van der Waals surface area contributed by atoms with E-state index >= 15 is 0 Å². The van der Waals surface area contributed by atoms with Crippen LogP contribution in [0.3, 0.4) is 0 Å². The maximum atomic E-state index is 5.94. The third kappa shape index (κ3) is 5.56. The molecule has 0 aliphatic heterocycles. The van der Waals surface area contributed by atoms with Crippen LogP contribution in [0.25, 0.3) is 0 Å². The maximum Gasteiger partial charge on any atom is 0.392 e. The van der Waals surface area contributed by atoms with Crippen LogP contribution in [0.2, 0.25) is 13.1 Å². The molecule has 0 unspecified atom stereocenters. The number of rotatable bonds is 8. The SMILES string of the molecule is CCCCCO[Si](C)(C)Oc1ccc(OC)cc1. The monoisotopic (exact) mass is 268 g/mol. The molecular weight excluding hydrogens is 244 g/mol. The van der Waals surface area contributed by atoms with E-state index in [0.29, 0.717) is 0 Å². The van der Waals surface area contributed by atoms with Gasteiger partial charge in [-0.3, -0.25) is 0 Å². The Labute approximate surface area is 111 Å². The van der Waals surface area contributed by atoms with Crippen LogP contribution in [0.4, 0.5) is 0 Å². The number of unbranched alkanes of at least 4 members (excludes halogenated alkanes) is 2. The standard InChI is InChI=1S/C14H24O3Si/c1-5-6-7-12-16-18(3,4)17-14-10-8-13(15-2)9-11-14/h8-11H,5-7,12H2,1-4H3. The lowest BCUT2D eigenvalue weighted by Gasteiger charge is -2.24. The maximum absolute atomic E-state index is 5.94. The van der Waals surface area contributed by atoms with Gasteiger partial charge in [0.2, 0.25) is 0 Å². The Kier molecular flexibility index (Phi) is 6.22. The lowest BCUT2D eigenvalue weighted by atomic mass is 10.3. The minimum Gasteiger partial charge on any atom is -0.520 e. The zero-order valence-corrected chi connectivity index (χ0v) is 12.9. The Morgan fingerprint density at radius 2 is 1.61 bits per heavy atom. The van der Waals surface area contributed by atoms with E-state index < -0.39 is 8.56 Å². The molecule has 0 bridgehead atoms. The molecule has 18 heavy (non-hydrogen) atoms. The molecule has 0 saturated carbocycles. The van der Waals surface area contributed by atoms with E-state index in [-0.39, 0.29) is 0 Å². The third-order valence-corrected chi connectivity index (χ3v) is 4.25. The average Bonchev–Trinajstić information content (AvgIpc) is 2.35. The number of ether oxygens (including phenoxy) is 1. The lowest BCUT2D eigenvalue weighted by Crippen LogP contribution is -2.38. The normalized spacial score (nSPS) is 11.3. The van der Waals surface area contributed by atoms with Gasteiger partial charge in [0.1, 0.15) is 11.5 Å². The molecule has 0 heterocycles. The second kappa shape index (κ2) is 7.44. The predicted molar refractivity (Wildman–Crippen MR) is 76.6 cm³/mol. The summed E-state index contributed by atoms with van der Waals surface area (Å²) in [7, 11) is -0.404. The Morgan fingerprint density at radius 1 is 1.00 bits per heavy atom. The van der Waals surface area contributed by atoms with Crippen LogP contribution in [0.5, 0.6) is 11.5 Å². The second-order valence-corrected chi connectivity index (χ2v) is 8.03. The number of methoxy groups -OCH3 is 1. The highest BCUT2D eigenvalue weighted by Gasteiger charge is 2.26. The summed E-state index contributed by atoms with van der Waals surface area (Å²) in [5, 5.41) is 0. The van der Waals surface area contributed by atoms with Gasteiger partial charge in [-0.15, -0.1) is 0 Å². The van der Waals surface area contributed by atoms with Crippen molar-refractivity contribution < 1.29 is 13.6 Å². The molecule has 0 fully saturated rings. The van der Waals surface area contributed by atoms with E-state index in [1.807, 2.05) is 24.3 Å².